The average molecular weight is 454 g/mol. The van der Waals surface area contributed by atoms with E-state index in [0.29, 0.717) is 19.4 Å². The summed E-state index contributed by atoms with van der Waals surface area (Å²) in [6.07, 6.45) is 5.22. The summed E-state index contributed by atoms with van der Waals surface area (Å²) in [4.78, 5) is 25.7. The molecular formula is C22H32FN3O4S. The molecule has 1 saturated carbocycles. The first-order chi connectivity index (χ1) is 14.7. The van der Waals surface area contributed by atoms with Crippen molar-refractivity contribution in [1.29, 1.82) is 0 Å². The summed E-state index contributed by atoms with van der Waals surface area (Å²) in [5.74, 6) is -1.62. The molecule has 1 aromatic carbocycles. The minimum atomic E-state index is -3.81. The lowest BCUT2D eigenvalue weighted by Crippen LogP contribution is -2.54. The van der Waals surface area contributed by atoms with Crippen molar-refractivity contribution in [3.63, 3.8) is 0 Å². The van der Waals surface area contributed by atoms with Crippen LogP contribution >= 0.6 is 0 Å². The highest BCUT2D eigenvalue weighted by Crippen LogP contribution is 2.24. The van der Waals surface area contributed by atoms with Crippen LogP contribution in [0.25, 0.3) is 0 Å². The van der Waals surface area contributed by atoms with Gasteiger partial charge in [0.2, 0.25) is 21.8 Å². The van der Waals surface area contributed by atoms with E-state index in [1.807, 2.05) is 13.8 Å². The molecule has 2 amide bonds. The van der Waals surface area contributed by atoms with E-state index >= 15 is 0 Å². The zero-order chi connectivity index (χ0) is 22.6. The summed E-state index contributed by atoms with van der Waals surface area (Å²) in [5.41, 5.74) is 0. The number of nitrogens with one attached hydrogen (secondary N) is 2. The van der Waals surface area contributed by atoms with Crippen LogP contribution in [0.1, 0.15) is 52.4 Å². The van der Waals surface area contributed by atoms with E-state index in [1.54, 1.807) is 0 Å². The summed E-state index contributed by atoms with van der Waals surface area (Å²) in [6, 6.07) is 4.19. The van der Waals surface area contributed by atoms with Gasteiger partial charge in [0.15, 0.2) is 0 Å². The molecule has 2 fully saturated rings. The smallest absolute Gasteiger partial charge is 0.243 e. The van der Waals surface area contributed by atoms with Crippen LogP contribution in [0.5, 0.6) is 0 Å². The molecule has 2 N–H and O–H groups in total. The fourth-order valence-electron chi connectivity index (χ4n) is 4.30. The van der Waals surface area contributed by atoms with E-state index in [2.05, 4.69) is 10.6 Å². The maximum Gasteiger partial charge on any atom is 0.243 e. The van der Waals surface area contributed by atoms with Gasteiger partial charge in [0.25, 0.3) is 0 Å². The van der Waals surface area contributed by atoms with Crippen LogP contribution in [-0.2, 0) is 19.6 Å². The van der Waals surface area contributed by atoms with Crippen LogP contribution < -0.4 is 10.6 Å². The Labute approximate surface area is 183 Å². The highest BCUT2D eigenvalue weighted by atomic mass is 32.2. The molecule has 0 spiro atoms. The normalized spacial score (nSPS) is 21.7. The molecular weight excluding hydrogens is 421 g/mol. The number of benzene rings is 1. The van der Waals surface area contributed by atoms with Gasteiger partial charge >= 0.3 is 0 Å². The second-order valence-corrected chi connectivity index (χ2v) is 10.8. The molecule has 1 aliphatic carbocycles. The molecule has 0 radical (unpaired) electrons. The summed E-state index contributed by atoms with van der Waals surface area (Å²) in [7, 11) is -3.81. The molecule has 7 nitrogen and oxygen atoms in total. The highest BCUT2D eigenvalue weighted by Gasteiger charge is 2.35. The predicted octanol–water partition coefficient (Wildman–Crippen LogP) is 2.43. The standard InChI is InChI=1S/C22H32FN3O4S/c1-15(2)20(22(28)24-18-7-3-4-8-18)25-21(27)16-6-5-13-26(14-16)31(29,30)19-11-9-17(23)10-12-19/h9-12,15-16,18,20H,3-8,13-14H2,1-2H3,(H,24,28)(H,25,27)/t16-,20-/m0/s1. The van der Waals surface area contributed by atoms with E-state index in [9.17, 15) is 22.4 Å². The fraction of sp³-hybridized carbons (Fsp3) is 0.636. The van der Waals surface area contributed by atoms with Crippen molar-refractivity contribution in [3.8, 4) is 0 Å². The molecule has 1 heterocycles. The Bertz CT molecular complexity index is 883. The minimum Gasteiger partial charge on any atom is -0.352 e. The number of nitrogens with zero attached hydrogens (tertiary/aromatic N) is 1. The largest absolute Gasteiger partial charge is 0.352 e. The third-order valence-corrected chi connectivity index (χ3v) is 8.03. The molecule has 1 aromatic rings. The molecule has 2 atom stereocenters. The maximum absolute atomic E-state index is 13.2. The van der Waals surface area contributed by atoms with Crippen molar-refractivity contribution in [2.75, 3.05) is 13.1 Å². The van der Waals surface area contributed by atoms with E-state index in [1.165, 1.54) is 16.4 Å². The molecule has 3 rings (SSSR count). The van der Waals surface area contributed by atoms with Crippen LogP contribution in [0.3, 0.4) is 0 Å². The Morgan fingerprint density at radius 3 is 2.32 bits per heavy atom. The number of halogens is 1. The summed E-state index contributed by atoms with van der Waals surface area (Å²) in [6.45, 7) is 4.11. The van der Waals surface area contributed by atoms with E-state index in [-0.39, 0.29) is 35.2 Å². The summed E-state index contributed by atoms with van der Waals surface area (Å²) >= 11 is 0. The monoisotopic (exact) mass is 453 g/mol. The van der Waals surface area contributed by atoms with Crippen LogP contribution in [0.15, 0.2) is 29.2 Å². The topological polar surface area (TPSA) is 95.6 Å². The van der Waals surface area contributed by atoms with Gasteiger partial charge in [-0.2, -0.15) is 4.31 Å². The van der Waals surface area contributed by atoms with Crippen LogP contribution in [-0.4, -0.2) is 49.7 Å². The van der Waals surface area contributed by atoms with Gasteiger partial charge in [-0.15, -0.1) is 0 Å². The van der Waals surface area contributed by atoms with E-state index < -0.39 is 27.8 Å². The number of piperidine rings is 1. The molecule has 0 aromatic heterocycles. The SMILES string of the molecule is CC(C)[C@H](NC(=O)[C@H]1CCCN(S(=O)(=O)c2ccc(F)cc2)C1)C(=O)NC1CCCC1. The van der Waals surface area contributed by atoms with Crippen molar-refractivity contribution in [2.45, 2.75) is 69.4 Å². The first kappa shape index (κ1) is 23.7. The number of amides is 2. The predicted molar refractivity (Wildman–Crippen MR) is 115 cm³/mol. The van der Waals surface area contributed by atoms with Gasteiger partial charge < -0.3 is 10.6 Å². The molecule has 0 unspecified atom stereocenters. The van der Waals surface area contributed by atoms with Gasteiger partial charge in [-0.25, -0.2) is 12.8 Å². The Morgan fingerprint density at radius 2 is 1.71 bits per heavy atom. The lowest BCUT2D eigenvalue weighted by molar-refractivity contribution is -0.133. The van der Waals surface area contributed by atoms with Crippen molar-refractivity contribution in [3.05, 3.63) is 30.1 Å². The summed E-state index contributed by atoms with van der Waals surface area (Å²) < 4.78 is 40.3. The van der Waals surface area contributed by atoms with Crippen LogP contribution in [0.2, 0.25) is 0 Å². The molecule has 172 valence electrons. The Kier molecular flexibility index (Phi) is 7.69. The van der Waals surface area contributed by atoms with Gasteiger partial charge in [0, 0.05) is 19.1 Å². The number of hydrogen-bond acceptors (Lipinski definition) is 4. The third-order valence-electron chi connectivity index (χ3n) is 6.15. The Hall–Kier alpha value is -2.00. The van der Waals surface area contributed by atoms with Gasteiger partial charge in [0.1, 0.15) is 11.9 Å². The Morgan fingerprint density at radius 1 is 1.06 bits per heavy atom. The zero-order valence-corrected chi connectivity index (χ0v) is 19.0. The lowest BCUT2D eigenvalue weighted by Gasteiger charge is -2.32. The summed E-state index contributed by atoms with van der Waals surface area (Å²) in [5, 5.41) is 5.89. The zero-order valence-electron chi connectivity index (χ0n) is 18.1. The first-order valence-corrected chi connectivity index (χ1v) is 12.5. The fourth-order valence-corrected chi connectivity index (χ4v) is 5.82. The van der Waals surface area contributed by atoms with Gasteiger partial charge in [-0.1, -0.05) is 26.7 Å². The van der Waals surface area contributed by atoms with Crippen molar-refractivity contribution in [1.82, 2.24) is 14.9 Å². The van der Waals surface area contributed by atoms with Crippen molar-refractivity contribution < 1.29 is 22.4 Å². The third kappa shape index (κ3) is 5.83. The molecule has 9 heteroatoms. The number of rotatable bonds is 7. The van der Waals surface area contributed by atoms with Crippen LogP contribution in [0.4, 0.5) is 4.39 Å². The van der Waals surface area contributed by atoms with E-state index in [0.717, 1.165) is 37.8 Å². The lowest BCUT2D eigenvalue weighted by atomic mass is 9.96. The maximum atomic E-state index is 13.2. The molecule has 1 aliphatic heterocycles. The van der Waals surface area contributed by atoms with Gasteiger partial charge in [-0.05, 0) is 55.9 Å². The number of sulfonamides is 1. The van der Waals surface area contributed by atoms with E-state index in [4.69, 9.17) is 0 Å². The second-order valence-electron chi connectivity index (χ2n) is 8.88. The minimum absolute atomic E-state index is 0.00552. The number of carbonyl (C=O) groups is 2. The average Bonchev–Trinajstić information content (AvgIpc) is 3.25. The highest BCUT2D eigenvalue weighted by molar-refractivity contribution is 7.89. The van der Waals surface area contributed by atoms with Crippen LogP contribution in [0, 0.1) is 17.7 Å². The second kappa shape index (κ2) is 10.1. The van der Waals surface area contributed by atoms with Crippen molar-refractivity contribution >= 4 is 21.8 Å². The molecule has 31 heavy (non-hydrogen) atoms. The molecule has 0 bridgehead atoms. The van der Waals surface area contributed by atoms with Gasteiger partial charge in [-0.3, -0.25) is 9.59 Å². The Balaban J connectivity index is 1.64. The molecule has 2 aliphatic rings. The van der Waals surface area contributed by atoms with Gasteiger partial charge in [0.05, 0.1) is 10.8 Å². The van der Waals surface area contributed by atoms with Crippen molar-refractivity contribution in [2.24, 2.45) is 11.8 Å². The first-order valence-electron chi connectivity index (χ1n) is 11.0. The number of carbonyl (C=O) groups excluding carboxylic acids is 2. The molecule has 1 saturated heterocycles. The quantitative estimate of drug-likeness (QED) is 0.663. The number of hydrogen-bond donors (Lipinski definition) is 2.